The second-order valence-electron chi connectivity index (χ2n) is 9.46. The molecule has 4 N–H and O–H groups in total. The first-order valence-electron chi connectivity index (χ1n) is 10.9. The van der Waals surface area contributed by atoms with Crippen molar-refractivity contribution in [3.8, 4) is 22.7 Å². The van der Waals surface area contributed by atoms with Gasteiger partial charge in [-0.1, -0.05) is 25.1 Å². The molecule has 4 aromatic heterocycles. The van der Waals surface area contributed by atoms with Crippen LogP contribution in [0.2, 0.25) is 0 Å². The van der Waals surface area contributed by atoms with E-state index in [4.69, 9.17) is 10.3 Å². The summed E-state index contributed by atoms with van der Waals surface area (Å²) in [6.07, 6.45) is 6.50. The highest BCUT2D eigenvalue weighted by Crippen LogP contribution is 2.38. The monoisotopic (exact) mass is 464 g/mol. The summed E-state index contributed by atoms with van der Waals surface area (Å²) in [4.78, 5) is 27.8. The fraction of sp³-hybridized carbons (Fsp3) is 0.391. The van der Waals surface area contributed by atoms with Gasteiger partial charge in [-0.15, -0.1) is 0 Å². The molecule has 178 valence electrons. The number of nitrogens with two attached hydrogens (primary N) is 1. The summed E-state index contributed by atoms with van der Waals surface area (Å²) in [7, 11) is 0. The molecule has 4 aromatic rings. The molecule has 0 aromatic carbocycles. The minimum Gasteiger partial charge on any atom is -0.389 e. The van der Waals surface area contributed by atoms with E-state index in [1.165, 1.54) is 6.20 Å². The van der Waals surface area contributed by atoms with E-state index in [-0.39, 0.29) is 17.4 Å². The molecule has 0 radical (unpaired) electrons. The molecule has 0 saturated heterocycles. The first kappa shape index (κ1) is 23.3. The fourth-order valence-electron chi connectivity index (χ4n) is 3.68. The lowest BCUT2D eigenvalue weighted by Crippen LogP contribution is -2.31. The molecule has 11 nitrogen and oxygen atoms in total. The Labute approximate surface area is 196 Å². The smallest absolute Gasteiger partial charge is 0.261 e. The molecule has 4 heterocycles. The van der Waals surface area contributed by atoms with Crippen molar-refractivity contribution in [3.05, 3.63) is 58.7 Å². The summed E-state index contributed by atoms with van der Waals surface area (Å²) < 4.78 is 7.21. The first-order chi connectivity index (χ1) is 16.0. The molecule has 1 atom stereocenters. The van der Waals surface area contributed by atoms with Gasteiger partial charge in [0.05, 0.1) is 40.6 Å². The average molecular weight is 465 g/mol. The minimum absolute atomic E-state index is 0.0521. The van der Waals surface area contributed by atoms with Crippen LogP contribution < -0.4 is 11.3 Å². The number of nitrogens with one attached hydrogen (secondary N) is 1. The maximum atomic E-state index is 12.2. The normalized spacial score (nSPS) is 13.9. The van der Waals surface area contributed by atoms with Gasteiger partial charge in [0.2, 0.25) is 0 Å². The largest absolute Gasteiger partial charge is 0.389 e. The van der Waals surface area contributed by atoms with Crippen LogP contribution in [0.5, 0.6) is 0 Å². The fourth-order valence-corrected chi connectivity index (χ4v) is 3.68. The Balaban J connectivity index is 1.66. The molecule has 34 heavy (non-hydrogen) atoms. The number of pyridine rings is 1. The molecule has 0 aliphatic rings. The van der Waals surface area contributed by atoms with Crippen molar-refractivity contribution in [3.63, 3.8) is 0 Å². The van der Waals surface area contributed by atoms with E-state index >= 15 is 0 Å². The van der Waals surface area contributed by atoms with Gasteiger partial charge in [0.25, 0.3) is 11.4 Å². The highest BCUT2D eigenvalue weighted by molar-refractivity contribution is 5.58. The number of hydrogen-bond acceptors (Lipinski definition) is 9. The van der Waals surface area contributed by atoms with E-state index in [9.17, 15) is 9.90 Å². The number of rotatable bonds is 7. The summed E-state index contributed by atoms with van der Waals surface area (Å²) in [6.45, 7) is 9.93. The molecule has 0 spiro atoms. The number of aromatic amines is 1. The second-order valence-corrected chi connectivity index (χ2v) is 9.46. The Morgan fingerprint density at radius 2 is 1.94 bits per heavy atom. The highest BCUT2D eigenvalue weighted by Gasteiger charge is 2.38. The molecular weight excluding hydrogens is 436 g/mol. The predicted octanol–water partition coefficient (Wildman–Crippen LogP) is 2.39. The zero-order valence-corrected chi connectivity index (χ0v) is 19.8. The van der Waals surface area contributed by atoms with Gasteiger partial charge >= 0.3 is 0 Å². The third kappa shape index (κ3) is 4.46. The van der Waals surface area contributed by atoms with Crippen LogP contribution in [0, 0.1) is 5.92 Å². The van der Waals surface area contributed by atoms with Gasteiger partial charge < -0.3 is 15.4 Å². The van der Waals surface area contributed by atoms with Crippen molar-refractivity contribution in [1.29, 1.82) is 0 Å². The average Bonchev–Trinajstić information content (AvgIpc) is 3.42. The van der Waals surface area contributed by atoms with Crippen molar-refractivity contribution in [2.75, 3.05) is 5.73 Å². The van der Waals surface area contributed by atoms with Gasteiger partial charge in [-0.25, -0.2) is 4.98 Å². The van der Waals surface area contributed by atoms with Crippen LogP contribution in [-0.2, 0) is 12.0 Å². The summed E-state index contributed by atoms with van der Waals surface area (Å²) in [5, 5.41) is 18.6. The molecule has 0 aliphatic carbocycles. The number of nitrogen functional groups attached to an aromatic ring is 1. The van der Waals surface area contributed by atoms with Crippen LogP contribution >= 0.6 is 0 Å². The molecule has 0 fully saturated rings. The number of aromatic nitrogens is 7. The molecule has 0 amide bonds. The van der Waals surface area contributed by atoms with Crippen LogP contribution in [0.1, 0.15) is 46.0 Å². The maximum absolute atomic E-state index is 12.2. The van der Waals surface area contributed by atoms with Crippen LogP contribution in [0.15, 0.2) is 46.2 Å². The molecule has 4 rings (SSSR count). The SMILES string of the molecule is CC(C)[C@](C)(c1ccc(-c2cnc(N)[nH]c2=O)nc1)c1noc(-c2cnn(CC(C)(C)O)c2)n1. The van der Waals surface area contributed by atoms with Crippen LogP contribution in [-0.4, -0.2) is 45.6 Å². The Bertz CT molecular complexity index is 1350. The molecule has 0 aliphatic heterocycles. The van der Waals surface area contributed by atoms with Gasteiger partial charge in [0, 0.05) is 18.6 Å². The number of aliphatic hydroxyl groups is 1. The summed E-state index contributed by atoms with van der Waals surface area (Å²) >= 11 is 0. The Morgan fingerprint density at radius 3 is 2.56 bits per heavy atom. The van der Waals surface area contributed by atoms with Crippen molar-refractivity contribution >= 4 is 5.95 Å². The standard InChI is InChI=1S/C23H28N8O3/c1-13(2)23(5,15-6-7-17(25-9-15)16-10-26-21(24)28-18(16)32)20-29-19(34-30-20)14-8-27-31(11-14)12-22(3,4)33/h6-11,13,33H,12H2,1-5H3,(H3,24,26,28,32)/t23-/m1/s1. The number of nitrogens with zero attached hydrogens (tertiary/aromatic N) is 6. The summed E-state index contributed by atoms with van der Waals surface area (Å²) in [6, 6.07) is 3.66. The summed E-state index contributed by atoms with van der Waals surface area (Å²) in [5.41, 5.74) is 6.02. The highest BCUT2D eigenvalue weighted by atomic mass is 16.5. The van der Waals surface area contributed by atoms with E-state index in [1.807, 2.05) is 13.0 Å². The Kier molecular flexibility index (Phi) is 5.82. The molecule has 11 heteroatoms. The zero-order valence-electron chi connectivity index (χ0n) is 19.8. The number of hydrogen-bond donors (Lipinski definition) is 3. The van der Waals surface area contributed by atoms with Gasteiger partial charge in [-0.05, 0) is 38.3 Å². The predicted molar refractivity (Wildman–Crippen MR) is 126 cm³/mol. The minimum atomic E-state index is -0.897. The molecule has 0 unspecified atom stereocenters. The van der Waals surface area contributed by atoms with E-state index in [0.29, 0.717) is 35.1 Å². The molecule has 0 saturated carbocycles. The van der Waals surface area contributed by atoms with Crippen LogP contribution in [0.3, 0.4) is 0 Å². The van der Waals surface area contributed by atoms with Crippen LogP contribution in [0.4, 0.5) is 5.95 Å². The molecule has 0 bridgehead atoms. The van der Waals surface area contributed by atoms with E-state index in [1.54, 1.807) is 43.2 Å². The number of H-pyrrole nitrogens is 1. The van der Waals surface area contributed by atoms with Crippen molar-refractivity contribution < 1.29 is 9.63 Å². The van der Waals surface area contributed by atoms with E-state index in [2.05, 4.69) is 44.0 Å². The summed E-state index contributed by atoms with van der Waals surface area (Å²) in [5.74, 6) is 1.00. The first-order valence-corrected chi connectivity index (χ1v) is 10.9. The Hall–Kier alpha value is -3.86. The van der Waals surface area contributed by atoms with E-state index in [0.717, 1.165) is 5.56 Å². The third-order valence-corrected chi connectivity index (χ3v) is 5.93. The van der Waals surface area contributed by atoms with E-state index < -0.39 is 11.0 Å². The van der Waals surface area contributed by atoms with Crippen molar-refractivity contribution in [2.45, 2.75) is 52.2 Å². The number of anilines is 1. The van der Waals surface area contributed by atoms with Gasteiger partial charge in [0.15, 0.2) is 11.8 Å². The second kappa shape index (κ2) is 8.49. The lowest BCUT2D eigenvalue weighted by atomic mass is 9.73. The van der Waals surface area contributed by atoms with Gasteiger partial charge in [0.1, 0.15) is 0 Å². The van der Waals surface area contributed by atoms with Crippen LogP contribution in [0.25, 0.3) is 22.7 Å². The maximum Gasteiger partial charge on any atom is 0.261 e. The third-order valence-electron chi connectivity index (χ3n) is 5.93. The quantitative estimate of drug-likeness (QED) is 0.373. The topological polar surface area (TPSA) is 162 Å². The van der Waals surface area contributed by atoms with Gasteiger partial charge in [-0.3, -0.25) is 19.4 Å². The Morgan fingerprint density at radius 1 is 1.18 bits per heavy atom. The van der Waals surface area contributed by atoms with Gasteiger partial charge in [-0.2, -0.15) is 10.1 Å². The zero-order chi connectivity index (χ0) is 24.7. The van der Waals surface area contributed by atoms with Crippen molar-refractivity contribution in [1.82, 2.24) is 34.9 Å². The lowest BCUT2D eigenvalue weighted by molar-refractivity contribution is 0.0577. The molecular formula is C23H28N8O3. The van der Waals surface area contributed by atoms with Crippen molar-refractivity contribution in [2.24, 2.45) is 5.92 Å². The lowest BCUT2D eigenvalue weighted by Gasteiger charge is -2.30.